The molecule has 1 aromatic carbocycles. The van der Waals surface area contributed by atoms with Crippen LogP contribution in [-0.4, -0.2) is 28.0 Å². The lowest BCUT2D eigenvalue weighted by Crippen LogP contribution is -2.16. The summed E-state index contributed by atoms with van der Waals surface area (Å²) in [6.45, 7) is 7.13. The van der Waals surface area contributed by atoms with Crippen LogP contribution in [0.3, 0.4) is 0 Å². The van der Waals surface area contributed by atoms with Gasteiger partial charge in [0.15, 0.2) is 0 Å². The zero-order valence-electron chi connectivity index (χ0n) is 13.0. The van der Waals surface area contributed by atoms with E-state index >= 15 is 0 Å². The molecular weight excluding hydrogens is 302 g/mol. The molecule has 22 heavy (non-hydrogen) atoms. The molecule has 1 heterocycles. The average molecular weight is 322 g/mol. The third-order valence-electron chi connectivity index (χ3n) is 2.85. The summed E-state index contributed by atoms with van der Waals surface area (Å²) in [5, 5.41) is 4.75. The van der Waals surface area contributed by atoms with Crippen molar-refractivity contribution in [2.75, 3.05) is 13.2 Å². The zero-order valence-corrected chi connectivity index (χ0v) is 13.7. The third-order valence-corrected chi connectivity index (χ3v) is 3.10. The number of halogens is 1. The minimum atomic E-state index is -0.133. The quantitative estimate of drug-likeness (QED) is 0.598. The van der Waals surface area contributed by atoms with Crippen molar-refractivity contribution < 1.29 is 9.47 Å². The van der Waals surface area contributed by atoms with Crippen molar-refractivity contribution in [3.63, 3.8) is 0 Å². The number of aromatic nitrogens is 3. The molecule has 2 rings (SSSR count). The van der Waals surface area contributed by atoms with E-state index in [9.17, 15) is 0 Å². The molecular formula is C16H20ClN3O2. The SMILES string of the molecule is CC(C)(C)C(=Cn1cncn1)OCCOc1ccc(Cl)cc1. The average Bonchev–Trinajstić information content (AvgIpc) is 2.96. The fraction of sp³-hybridized carbons (Fsp3) is 0.375. The summed E-state index contributed by atoms with van der Waals surface area (Å²) in [6, 6.07) is 7.25. The molecule has 0 bridgehead atoms. The largest absolute Gasteiger partial charge is 0.492 e. The molecule has 0 saturated carbocycles. The first kappa shape index (κ1) is 16.4. The van der Waals surface area contributed by atoms with Crippen molar-refractivity contribution in [3.8, 4) is 5.75 Å². The van der Waals surface area contributed by atoms with Crippen LogP contribution in [0.25, 0.3) is 6.20 Å². The highest BCUT2D eigenvalue weighted by atomic mass is 35.5. The molecule has 0 fully saturated rings. The second-order valence-corrected chi connectivity index (χ2v) is 6.21. The smallest absolute Gasteiger partial charge is 0.138 e. The van der Waals surface area contributed by atoms with Gasteiger partial charge in [-0.2, -0.15) is 5.10 Å². The molecule has 0 spiro atoms. The van der Waals surface area contributed by atoms with Crippen molar-refractivity contribution in [1.29, 1.82) is 0 Å². The Hall–Kier alpha value is -2.01. The van der Waals surface area contributed by atoms with Gasteiger partial charge >= 0.3 is 0 Å². The number of benzene rings is 1. The fourth-order valence-corrected chi connectivity index (χ4v) is 1.82. The van der Waals surface area contributed by atoms with Gasteiger partial charge in [0, 0.05) is 10.4 Å². The molecule has 5 nitrogen and oxygen atoms in total. The Balaban J connectivity index is 1.88. The second-order valence-electron chi connectivity index (χ2n) is 5.77. The van der Waals surface area contributed by atoms with E-state index in [-0.39, 0.29) is 5.41 Å². The van der Waals surface area contributed by atoms with Gasteiger partial charge in [-0.15, -0.1) is 0 Å². The van der Waals surface area contributed by atoms with Crippen molar-refractivity contribution in [3.05, 3.63) is 47.7 Å². The Bertz CT molecular complexity index is 601. The van der Waals surface area contributed by atoms with Gasteiger partial charge in [0.2, 0.25) is 0 Å². The molecule has 0 saturated heterocycles. The molecule has 1 aromatic heterocycles. The lowest BCUT2D eigenvalue weighted by molar-refractivity contribution is 0.119. The Morgan fingerprint density at radius 3 is 2.55 bits per heavy atom. The van der Waals surface area contributed by atoms with Gasteiger partial charge in [0.1, 0.15) is 37.4 Å². The summed E-state index contributed by atoms with van der Waals surface area (Å²) in [5.74, 6) is 1.59. The number of nitrogens with zero attached hydrogens (tertiary/aromatic N) is 3. The Kier molecular flexibility index (Phi) is 5.44. The van der Waals surface area contributed by atoms with Gasteiger partial charge in [0.05, 0.1) is 6.20 Å². The first-order valence-electron chi connectivity index (χ1n) is 7.03. The van der Waals surface area contributed by atoms with E-state index in [1.807, 2.05) is 18.3 Å². The van der Waals surface area contributed by atoms with Crippen LogP contribution < -0.4 is 4.74 Å². The number of allylic oxidation sites excluding steroid dienone is 1. The van der Waals surface area contributed by atoms with Gasteiger partial charge in [-0.05, 0) is 24.3 Å². The highest BCUT2D eigenvalue weighted by Crippen LogP contribution is 2.26. The first-order chi connectivity index (χ1) is 10.4. The highest BCUT2D eigenvalue weighted by Gasteiger charge is 2.19. The summed E-state index contributed by atoms with van der Waals surface area (Å²) in [7, 11) is 0. The summed E-state index contributed by atoms with van der Waals surface area (Å²) >= 11 is 5.83. The van der Waals surface area contributed by atoms with Crippen LogP contribution in [0.1, 0.15) is 20.8 Å². The van der Waals surface area contributed by atoms with E-state index in [2.05, 4.69) is 30.9 Å². The van der Waals surface area contributed by atoms with E-state index in [1.54, 1.807) is 23.1 Å². The zero-order chi connectivity index (χ0) is 16.0. The van der Waals surface area contributed by atoms with Crippen molar-refractivity contribution >= 4 is 17.8 Å². The first-order valence-corrected chi connectivity index (χ1v) is 7.40. The van der Waals surface area contributed by atoms with Crippen LogP contribution in [0, 0.1) is 5.41 Å². The van der Waals surface area contributed by atoms with Gasteiger partial charge in [-0.25, -0.2) is 9.67 Å². The molecule has 6 heteroatoms. The van der Waals surface area contributed by atoms with E-state index < -0.39 is 0 Å². The predicted molar refractivity (Wildman–Crippen MR) is 86.6 cm³/mol. The van der Waals surface area contributed by atoms with Crippen LogP contribution in [0.2, 0.25) is 5.02 Å². The number of rotatable bonds is 6. The van der Waals surface area contributed by atoms with Crippen LogP contribution in [0.15, 0.2) is 42.7 Å². The molecule has 0 radical (unpaired) electrons. The molecule has 0 unspecified atom stereocenters. The number of hydrogen-bond acceptors (Lipinski definition) is 4. The second kappa shape index (κ2) is 7.31. The summed E-state index contributed by atoms with van der Waals surface area (Å²) in [4.78, 5) is 3.92. The standard InChI is InChI=1S/C16H20ClN3O2/c1-16(2,3)15(10-20-12-18-11-19-20)22-9-8-21-14-6-4-13(17)5-7-14/h4-7,10-12H,8-9H2,1-3H3. The summed E-state index contributed by atoms with van der Waals surface area (Å²) in [5.41, 5.74) is -0.133. The molecule has 0 aliphatic rings. The van der Waals surface area contributed by atoms with E-state index in [0.717, 1.165) is 11.5 Å². The monoisotopic (exact) mass is 321 g/mol. The molecule has 0 aliphatic carbocycles. The highest BCUT2D eigenvalue weighted by molar-refractivity contribution is 6.30. The van der Waals surface area contributed by atoms with Crippen molar-refractivity contribution in [2.45, 2.75) is 20.8 Å². The van der Waals surface area contributed by atoms with Crippen LogP contribution in [0.4, 0.5) is 0 Å². The Morgan fingerprint density at radius 2 is 1.95 bits per heavy atom. The minimum absolute atomic E-state index is 0.133. The molecule has 0 atom stereocenters. The molecule has 0 aliphatic heterocycles. The van der Waals surface area contributed by atoms with Crippen molar-refractivity contribution in [2.24, 2.45) is 5.41 Å². The third kappa shape index (κ3) is 5.07. The molecule has 2 aromatic rings. The molecule has 0 amide bonds. The van der Waals surface area contributed by atoms with Crippen molar-refractivity contribution in [1.82, 2.24) is 14.8 Å². The Labute approximate surface area is 135 Å². The van der Waals surface area contributed by atoms with Crippen LogP contribution >= 0.6 is 11.6 Å². The van der Waals surface area contributed by atoms with Crippen LogP contribution in [0.5, 0.6) is 5.75 Å². The van der Waals surface area contributed by atoms with Crippen LogP contribution in [-0.2, 0) is 4.74 Å². The predicted octanol–water partition coefficient (Wildman–Crippen LogP) is 3.87. The number of ether oxygens (including phenoxy) is 2. The molecule has 0 N–H and O–H groups in total. The topological polar surface area (TPSA) is 49.2 Å². The van der Waals surface area contributed by atoms with Gasteiger partial charge in [-0.3, -0.25) is 0 Å². The Morgan fingerprint density at radius 1 is 1.23 bits per heavy atom. The molecule has 118 valence electrons. The normalized spacial score (nSPS) is 12.3. The minimum Gasteiger partial charge on any atom is -0.492 e. The summed E-state index contributed by atoms with van der Waals surface area (Å²) in [6.07, 6.45) is 4.94. The maximum absolute atomic E-state index is 5.85. The van der Waals surface area contributed by atoms with E-state index in [4.69, 9.17) is 21.1 Å². The fourth-order valence-electron chi connectivity index (χ4n) is 1.69. The van der Waals surface area contributed by atoms with E-state index in [0.29, 0.717) is 18.2 Å². The lowest BCUT2D eigenvalue weighted by atomic mass is 9.94. The maximum atomic E-state index is 5.85. The maximum Gasteiger partial charge on any atom is 0.138 e. The summed E-state index contributed by atoms with van der Waals surface area (Å²) < 4.78 is 13.1. The van der Waals surface area contributed by atoms with Gasteiger partial charge < -0.3 is 9.47 Å². The van der Waals surface area contributed by atoms with E-state index in [1.165, 1.54) is 6.33 Å². The van der Waals surface area contributed by atoms with Gasteiger partial charge in [0.25, 0.3) is 0 Å². The van der Waals surface area contributed by atoms with Gasteiger partial charge in [-0.1, -0.05) is 32.4 Å². The lowest BCUT2D eigenvalue weighted by Gasteiger charge is -2.23. The number of hydrogen-bond donors (Lipinski definition) is 0.